The van der Waals surface area contributed by atoms with E-state index in [4.69, 9.17) is 5.73 Å². The standard InChI is InChI=1S/C17H19FN2/c1-12(19)15-11-14(18)8-9-17(15)20-10-4-6-13-5-2-3-7-16(13)20/h2-3,5,7-9,11-12H,4,6,10,19H2,1H3. The minimum atomic E-state index is -0.230. The van der Waals surface area contributed by atoms with E-state index in [-0.39, 0.29) is 11.9 Å². The quantitative estimate of drug-likeness (QED) is 0.896. The van der Waals surface area contributed by atoms with Gasteiger partial charge in [-0.1, -0.05) is 18.2 Å². The summed E-state index contributed by atoms with van der Waals surface area (Å²) in [5.41, 5.74) is 10.5. The number of anilines is 2. The number of hydrogen-bond donors (Lipinski definition) is 1. The summed E-state index contributed by atoms with van der Waals surface area (Å²) < 4.78 is 13.5. The maximum absolute atomic E-state index is 13.5. The van der Waals surface area contributed by atoms with E-state index in [0.717, 1.165) is 30.6 Å². The SMILES string of the molecule is CC(N)c1cc(F)ccc1N1CCCc2ccccc21. The minimum absolute atomic E-state index is 0.185. The first-order valence-corrected chi connectivity index (χ1v) is 7.07. The zero-order chi connectivity index (χ0) is 14.1. The summed E-state index contributed by atoms with van der Waals surface area (Å²) in [7, 11) is 0. The third kappa shape index (κ3) is 2.29. The Bertz CT molecular complexity index is 622. The van der Waals surface area contributed by atoms with Gasteiger partial charge in [0.2, 0.25) is 0 Å². The molecule has 20 heavy (non-hydrogen) atoms. The fourth-order valence-electron chi connectivity index (χ4n) is 2.92. The first-order chi connectivity index (χ1) is 9.66. The van der Waals surface area contributed by atoms with Gasteiger partial charge in [-0.15, -0.1) is 0 Å². The van der Waals surface area contributed by atoms with E-state index in [0.29, 0.717) is 0 Å². The van der Waals surface area contributed by atoms with E-state index in [1.807, 2.05) is 19.1 Å². The Morgan fingerprint density at radius 2 is 1.95 bits per heavy atom. The first kappa shape index (κ1) is 13.1. The molecule has 1 atom stereocenters. The summed E-state index contributed by atoms with van der Waals surface area (Å²) in [6.07, 6.45) is 2.20. The summed E-state index contributed by atoms with van der Waals surface area (Å²) in [5.74, 6) is -0.230. The number of halogens is 1. The number of aryl methyl sites for hydroxylation is 1. The molecule has 2 aromatic rings. The molecule has 1 heterocycles. The van der Waals surface area contributed by atoms with Crippen molar-refractivity contribution in [3.63, 3.8) is 0 Å². The van der Waals surface area contributed by atoms with Gasteiger partial charge in [0.25, 0.3) is 0 Å². The topological polar surface area (TPSA) is 29.3 Å². The number of hydrogen-bond acceptors (Lipinski definition) is 2. The zero-order valence-electron chi connectivity index (χ0n) is 11.6. The lowest BCUT2D eigenvalue weighted by atomic mass is 9.98. The molecule has 2 N–H and O–H groups in total. The number of para-hydroxylation sites is 1. The van der Waals surface area contributed by atoms with Gasteiger partial charge in [-0.25, -0.2) is 4.39 Å². The van der Waals surface area contributed by atoms with Gasteiger partial charge in [0.1, 0.15) is 5.82 Å². The second kappa shape index (κ2) is 5.25. The van der Waals surface area contributed by atoms with E-state index < -0.39 is 0 Å². The van der Waals surface area contributed by atoms with Crippen molar-refractivity contribution in [2.24, 2.45) is 5.73 Å². The molecular formula is C17H19FN2. The third-order valence-corrected chi connectivity index (χ3v) is 3.88. The summed E-state index contributed by atoms with van der Waals surface area (Å²) in [4.78, 5) is 2.26. The smallest absolute Gasteiger partial charge is 0.123 e. The molecule has 2 aromatic carbocycles. The Hall–Kier alpha value is -1.87. The molecule has 1 aliphatic rings. The average molecular weight is 270 g/mol. The molecular weight excluding hydrogens is 251 g/mol. The van der Waals surface area contributed by atoms with E-state index in [1.165, 1.54) is 17.3 Å². The van der Waals surface area contributed by atoms with Crippen LogP contribution < -0.4 is 10.6 Å². The number of nitrogens with two attached hydrogens (primary N) is 1. The Labute approximate surface area is 119 Å². The normalized spacial score (nSPS) is 15.8. The van der Waals surface area contributed by atoms with Crippen LogP contribution in [-0.2, 0) is 6.42 Å². The van der Waals surface area contributed by atoms with Gasteiger partial charge < -0.3 is 10.6 Å². The number of rotatable bonds is 2. The molecule has 0 aliphatic carbocycles. The number of benzene rings is 2. The van der Waals surface area contributed by atoms with Crippen molar-refractivity contribution in [1.82, 2.24) is 0 Å². The highest BCUT2D eigenvalue weighted by molar-refractivity contribution is 5.70. The van der Waals surface area contributed by atoms with E-state index in [2.05, 4.69) is 23.1 Å². The first-order valence-electron chi connectivity index (χ1n) is 7.07. The van der Waals surface area contributed by atoms with Crippen LogP contribution in [0.5, 0.6) is 0 Å². The molecule has 0 spiro atoms. The molecule has 104 valence electrons. The molecule has 0 bridgehead atoms. The molecule has 3 rings (SSSR count). The van der Waals surface area contributed by atoms with Crippen LogP contribution in [0.15, 0.2) is 42.5 Å². The second-order valence-electron chi connectivity index (χ2n) is 5.38. The van der Waals surface area contributed by atoms with Crippen molar-refractivity contribution in [2.45, 2.75) is 25.8 Å². The van der Waals surface area contributed by atoms with E-state index in [1.54, 1.807) is 6.07 Å². The van der Waals surface area contributed by atoms with Gasteiger partial charge in [-0.3, -0.25) is 0 Å². The van der Waals surface area contributed by atoms with Crippen LogP contribution in [0.25, 0.3) is 0 Å². The molecule has 0 aromatic heterocycles. The van der Waals surface area contributed by atoms with Crippen LogP contribution >= 0.6 is 0 Å². The van der Waals surface area contributed by atoms with Crippen LogP contribution in [0.3, 0.4) is 0 Å². The van der Waals surface area contributed by atoms with E-state index >= 15 is 0 Å². The maximum Gasteiger partial charge on any atom is 0.123 e. The van der Waals surface area contributed by atoms with Gasteiger partial charge in [0.05, 0.1) is 0 Å². The summed E-state index contributed by atoms with van der Waals surface area (Å²) in [5, 5.41) is 0. The monoisotopic (exact) mass is 270 g/mol. The lowest BCUT2D eigenvalue weighted by molar-refractivity contribution is 0.621. The molecule has 2 nitrogen and oxygen atoms in total. The number of nitrogens with zero attached hydrogens (tertiary/aromatic N) is 1. The Kier molecular flexibility index (Phi) is 3.45. The summed E-state index contributed by atoms with van der Waals surface area (Å²) >= 11 is 0. The summed E-state index contributed by atoms with van der Waals surface area (Å²) in [6.45, 7) is 2.84. The van der Waals surface area contributed by atoms with Crippen LogP contribution in [0, 0.1) is 5.82 Å². The molecule has 3 heteroatoms. The van der Waals surface area contributed by atoms with Gasteiger partial charge in [-0.05, 0) is 55.2 Å². The lowest BCUT2D eigenvalue weighted by Crippen LogP contribution is -2.26. The molecule has 0 saturated carbocycles. The van der Waals surface area contributed by atoms with Crippen molar-refractivity contribution in [3.8, 4) is 0 Å². The Morgan fingerprint density at radius 1 is 1.15 bits per heavy atom. The summed E-state index contributed by atoms with van der Waals surface area (Å²) in [6, 6.07) is 13.1. The predicted octanol–water partition coefficient (Wildman–Crippen LogP) is 3.93. The van der Waals surface area contributed by atoms with Crippen LogP contribution in [0.2, 0.25) is 0 Å². The highest BCUT2D eigenvalue weighted by atomic mass is 19.1. The highest BCUT2D eigenvalue weighted by Crippen LogP contribution is 2.36. The van der Waals surface area contributed by atoms with Crippen LogP contribution in [0.4, 0.5) is 15.8 Å². The second-order valence-corrected chi connectivity index (χ2v) is 5.38. The van der Waals surface area contributed by atoms with Gasteiger partial charge in [-0.2, -0.15) is 0 Å². The van der Waals surface area contributed by atoms with Gasteiger partial charge >= 0.3 is 0 Å². The largest absolute Gasteiger partial charge is 0.341 e. The number of fused-ring (bicyclic) bond motifs is 1. The van der Waals surface area contributed by atoms with Crippen LogP contribution in [0.1, 0.15) is 30.5 Å². The van der Waals surface area contributed by atoms with Crippen LogP contribution in [-0.4, -0.2) is 6.54 Å². The molecule has 0 amide bonds. The van der Waals surface area contributed by atoms with Crippen molar-refractivity contribution >= 4 is 11.4 Å². The van der Waals surface area contributed by atoms with Crippen molar-refractivity contribution in [3.05, 3.63) is 59.4 Å². The van der Waals surface area contributed by atoms with Gasteiger partial charge in [0, 0.05) is 24.0 Å². The predicted molar refractivity (Wildman–Crippen MR) is 80.8 cm³/mol. The molecule has 0 saturated heterocycles. The highest BCUT2D eigenvalue weighted by Gasteiger charge is 2.21. The maximum atomic E-state index is 13.5. The Balaban J connectivity index is 2.11. The van der Waals surface area contributed by atoms with E-state index in [9.17, 15) is 4.39 Å². The lowest BCUT2D eigenvalue weighted by Gasteiger charge is -2.33. The minimum Gasteiger partial charge on any atom is -0.341 e. The average Bonchev–Trinajstić information content (AvgIpc) is 2.46. The zero-order valence-corrected chi connectivity index (χ0v) is 11.6. The van der Waals surface area contributed by atoms with Crippen molar-refractivity contribution < 1.29 is 4.39 Å². The third-order valence-electron chi connectivity index (χ3n) is 3.88. The fourth-order valence-corrected chi connectivity index (χ4v) is 2.92. The molecule has 1 unspecified atom stereocenters. The molecule has 0 radical (unpaired) electrons. The molecule has 0 fully saturated rings. The Morgan fingerprint density at radius 3 is 2.75 bits per heavy atom. The fraction of sp³-hybridized carbons (Fsp3) is 0.294. The van der Waals surface area contributed by atoms with Crippen molar-refractivity contribution in [2.75, 3.05) is 11.4 Å². The van der Waals surface area contributed by atoms with Gasteiger partial charge in [0.15, 0.2) is 0 Å². The molecule has 1 aliphatic heterocycles. The van der Waals surface area contributed by atoms with Crippen molar-refractivity contribution in [1.29, 1.82) is 0 Å².